The molecule has 0 bridgehead atoms. The number of hydrogen-bond acceptors (Lipinski definition) is 4. The molecular weight excluding hydrogens is 162 g/mol. The zero-order valence-corrected chi connectivity index (χ0v) is 6.15. The predicted octanol–water partition coefficient (Wildman–Crippen LogP) is -0.406. The first-order chi connectivity index (χ1) is 5.65. The van der Waals surface area contributed by atoms with Gasteiger partial charge in [0.2, 0.25) is 0 Å². The SMILES string of the molecule is [CH2]CC(=O)ON1C(=O)C=CC1=O. The molecular formula is C7H6NO4. The van der Waals surface area contributed by atoms with Crippen molar-refractivity contribution in [3.05, 3.63) is 19.1 Å². The monoisotopic (exact) mass is 168 g/mol. The van der Waals surface area contributed by atoms with Crippen LogP contribution in [0.3, 0.4) is 0 Å². The molecule has 5 nitrogen and oxygen atoms in total. The lowest BCUT2D eigenvalue weighted by molar-refractivity contribution is -0.195. The van der Waals surface area contributed by atoms with Crippen LogP contribution in [-0.2, 0) is 19.2 Å². The Kier molecular flexibility index (Phi) is 2.23. The van der Waals surface area contributed by atoms with Crippen molar-refractivity contribution < 1.29 is 19.2 Å². The molecule has 5 heteroatoms. The first-order valence-electron chi connectivity index (χ1n) is 3.21. The Morgan fingerprint density at radius 3 is 2.33 bits per heavy atom. The number of amides is 2. The highest BCUT2D eigenvalue weighted by atomic mass is 16.7. The van der Waals surface area contributed by atoms with Gasteiger partial charge in [0.25, 0.3) is 11.8 Å². The number of carbonyl (C=O) groups is 3. The average Bonchev–Trinajstić information content (AvgIpc) is 2.35. The van der Waals surface area contributed by atoms with Crippen LogP contribution in [-0.4, -0.2) is 22.8 Å². The summed E-state index contributed by atoms with van der Waals surface area (Å²) in [6, 6.07) is 0. The van der Waals surface area contributed by atoms with Gasteiger partial charge in [0, 0.05) is 18.6 Å². The average molecular weight is 168 g/mol. The van der Waals surface area contributed by atoms with E-state index in [-0.39, 0.29) is 6.42 Å². The lowest BCUT2D eigenvalue weighted by atomic mass is 10.5. The molecule has 1 rings (SSSR count). The van der Waals surface area contributed by atoms with E-state index >= 15 is 0 Å². The molecule has 1 aliphatic heterocycles. The topological polar surface area (TPSA) is 63.7 Å². The molecule has 0 saturated heterocycles. The molecule has 0 aromatic rings. The second kappa shape index (κ2) is 3.17. The number of imide groups is 1. The van der Waals surface area contributed by atoms with E-state index in [0.717, 1.165) is 12.2 Å². The van der Waals surface area contributed by atoms with Gasteiger partial charge in [-0.3, -0.25) is 9.59 Å². The summed E-state index contributed by atoms with van der Waals surface area (Å²) in [5.74, 6) is -2.02. The number of rotatable bonds is 2. The van der Waals surface area contributed by atoms with Gasteiger partial charge >= 0.3 is 5.97 Å². The Morgan fingerprint density at radius 2 is 1.92 bits per heavy atom. The summed E-state index contributed by atoms with van der Waals surface area (Å²) >= 11 is 0. The number of hydroxylamine groups is 2. The van der Waals surface area contributed by atoms with Gasteiger partial charge < -0.3 is 4.84 Å². The minimum Gasteiger partial charge on any atom is -0.330 e. The number of carbonyl (C=O) groups excluding carboxylic acids is 3. The normalized spacial score (nSPS) is 15.6. The lowest BCUT2D eigenvalue weighted by Crippen LogP contribution is -2.32. The lowest BCUT2D eigenvalue weighted by Gasteiger charge is -2.10. The fraction of sp³-hybridized carbons (Fsp3) is 0.143. The van der Waals surface area contributed by atoms with E-state index in [1.807, 2.05) is 0 Å². The van der Waals surface area contributed by atoms with E-state index in [0.29, 0.717) is 5.06 Å². The van der Waals surface area contributed by atoms with Crippen LogP contribution in [0.5, 0.6) is 0 Å². The zero-order chi connectivity index (χ0) is 9.14. The van der Waals surface area contributed by atoms with Crippen molar-refractivity contribution in [1.29, 1.82) is 0 Å². The summed E-state index contributed by atoms with van der Waals surface area (Å²) in [6.45, 7) is 3.23. The summed E-state index contributed by atoms with van der Waals surface area (Å²) in [4.78, 5) is 36.5. The van der Waals surface area contributed by atoms with Crippen molar-refractivity contribution >= 4 is 17.8 Å². The van der Waals surface area contributed by atoms with Gasteiger partial charge in [0.1, 0.15) is 0 Å². The third-order valence-electron chi connectivity index (χ3n) is 1.17. The molecule has 1 radical (unpaired) electrons. The molecule has 12 heavy (non-hydrogen) atoms. The third-order valence-corrected chi connectivity index (χ3v) is 1.17. The van der Waals surface area contributed by atoms with Gasteiger partial charge in [0.15, 0.2) is 0 Å². The molecule has 63 valence electrons. The summed E-state index contributed by atoms with van der Waals surface area (Å²) in [7, 11) is 0. The van der Waals surface area contributed by atoms with Crippen molar-refractivity contribution in [3.8, 4) is 0 Å². The smallest absolute Gasteiger partial charge is 0.330 e. The van der Waals surface area contributed by atoms with E-state index < -0.39 is 17.8 Å². The molecule has 0 aromatic heterocycles. The van der Waals surface area contributed by atoms with Gasteiger partial charge in [-0.05, 0) is 6.92 Å². The zero-order valence-electron chi connectivity index (χ0n) is 6.15. The highest BCUT2D eigenvalue weighted by Crippen LogP contribution is 2.04. The Morgan fingerprint density at radius 1 is 1.42 bits per heavy atom. The molecule has 0 unspecified atom stereocenters. The molecule has 0 aromatic carbocycles. The molecule has 0 N–H and O–H groups in total. The minimum atomic E-state index is -0.722. The second-order valence-electron chi connectivity index (χ2n) is 2.02. The summed E-state index contributed by atoms with van der Waals surface area (Å²) in [5, 5.41) is 0.396. The summed E-state index contributed by atoms with van der Waals surface area (Å²) in [5.41, 5.74) is 0. The molecule has 0 saturated carbocycles. The molecule has 0 spiro atoms. The van der Waals surface area contributed by atoms with Crippen LogP contribution >= 0.6 is 0 Å². The molecule has 2 amide bonds. The molecule has 1 aliphatic rings. The fourth-order valence-corrected chi connectivity index (χ4v) is 0.624. The Bertz CT molecular complexity index is 251. The summed E-state index contributed by atoms with van der Waals surface area (Å²) in [6.07, 6.45) is 1.93. The van der Waals surface area contributed by atoms with Gasteiger partial charge in [0.05, 0.1) is 0 Å². The van der Waals surface area contributed by atoms with Crippen molar-refractivity contribution in [2.45, 2.75) is 6.42 Å². The van der Waals surface area contributed by atoms with Gasteiger partial charge in [-0.1, -0.05) is 5.06 Å². The Hall–Kier alpha value is -1.65. The van der Waals surface area contributed by atoms with E-state index in [2.05, 4.69) is 11.8 Å². The van der Waals surface area contributed by atoms with E-state index in [4.69, 9.17) is 0 Å². The largest absolute Gasteiger partial charge is 0.333 e. The maximum atomic E-state index is 10.8. The van der Waals surface area contributed by atoms with Crippen molar-refractivity contribution in [1.82, 2.24) is 5.06 Å². The highest BCUT2D eigenvalue weighted by Gasteiger charge is 2.27. The maximum absolute atomic E-state index is 10.8. The van der Waals surface area contributed by atoms with Gasteiger partial charge in [-0.2, -0.15) is 0 Å². The quantitative estimate of drug-likeness (QED) is 0.526. The predicted molar refractivity (Wildman–Crippen MR) is 37.1 cm³/mol. The van der Waals surface area contributed by atoms with Gasteiger partial charge in [-0.25, -0.2) is 4.79 Å². The van der Waals surface area contributed by atoms with E-state index in [1.54, 1.807) is 0 Å². The van der Waals surface area contributed by atoms with Crippen LogP contribution in [0.25, 0.3) is 0 Å². The molecule has 0 fully saturated rings. The number of hydrogen-bond donors (Lipinski definition) is 0. The van der Waals surface area contributed by atoms with Crippen molar-refractivity contribution in [2.24, 2.45) is 0 Å². The summed E-state index contributed by atoms with van der Waals surface area (Å²) < 4.78 is 0. The van der Waals surface area contributed by atoms with Gasteiger partial charge in [-0.15, -0.1) is 0 Å². The second-order valence-corrected chi connectivity index (χ2v) is 2.02. The van der Waals surface area contributed by atoms with E-state index in [1.165, 1.54) is 0 Å². The van der Waals surface area contributed by atoms with Crippen LogP contribution in [0.4, 0.5) is 0 Å². The van der Waals surface area contributed by atoms with Crippen LogP contribution in [0.15, 0.2) is 12.2 Å². The van der Waals surface area contributed by atoms with Crippen molar-refractivity contribution in [3.63, 3.8) is 0 Å². The fourth-order valence-electron chi connectivity index (χ4n) is 0.624. The van der Waals surface area contributed by atoms with Crippen LogP contribution in [0, 0.1) is 6.92 Å². The van der Waals surface area contributed by atoms with E-state index in [9.17, 15) is 14.4 Å². The minimum absolute atomic E-state index is 0.128. The molecule has 0 aliphatic carbocycles. The third kappa shape index (κ3) is 1.50. The standard InChI is InChI=1S/C7H6NO4/c1-2-7(11)12-8-5(9)3-4-6(8)10/h3-4H,1-2H2. The molecule has 1 heterocycles. The van der Waals surface area contributed by atoms with Crippen LogP contribution < -0.4 is 0 Å². The first kappa shape index (κ1) is 8.45. The first-order valence-corrected chi connectivity index (χ1v) is 3.21. The Balaban J connectivity index is 2.59. The highest BCUT2D eigenvalue weighted by molar-refractivity contribution is 6.12. The molecule has 0 atom stereocenters. The Labute approximate surface area is 68.5 Å². The van der Waals surface area contributed by atoms with Crippen molar-refractivity contribution in [2.75, 3.05) is 0 Å². The van der Waals surface area contributed by atoms with Crippen LogP contribution in [0.1, 0.15) is 6.42 Å². The maximum Gasteiger partial charge on any atom is 0.333 e. The number of nitrogens with zero attached hydrogens (tertiary/aromatic N) is 1. The van der Waals surface area contributed by atoms with Crippen LogP contribution in [0.2, 0.25) is 0 Å².